The van der Waals surface area contributed by atoms with Gasteiger partial charge in [0.2, 0.25) is 10.0 Å². The molecule has 1 amide bonds. The third-order valence-electron chi connectivity index (χ3n) is 4.53. The van der Waals surface area contributed by atoms with E-state index in [9.17, 15) is 13.2 Å². The van der Waals surface area contributed by atoms with E-state index < -0.39 is 16.1 Å². The second kappa shape index (κ2) is 8.10. The molecule has 2 aromatic carbocycles. The highest BCUT2D eigenvalue weighted by Gasteiger charge is 2.27. The summed E-state index contributed by atoms with van der Waals surface area (Å²) in [5, 5.41) is 2.75. The minimum absolute atomic E-state index is 0.242. The molecule has 2 aromatic rings. The van der Waals surface area contributed by atoms with Crippen molar-refractivity contribution in [2.45, 2.75) is 37.7 Å². The predicted octanol–water partition coefficient (Wildman–Crippen LogP) is 3.19. The van der Waals surface area contributed by atoms with Crippen molar-refractivity contribution in [3.8, 4) is 5.75 Å². The number of carbonyl (C=O) groups is 1. The molecule has 1 heterocycles. The second-order valence-corrected chi connectivity index (χ2v) is 8.64. The van der Waals surface area contributed by atoms with Gasteiger partial charge in [-0.15, -0.1) is 0 Å². The van der Waals surface area contributed by atoms with E-state index in [1.807, 2.05) is 31.2 Å². The standard InChI is InChI=1S/C20H24N2O4S/c1-15-5-9-18(10-6-15)26-16(2)20(23)21-17-7-11-19(12-8-17)27(24,25)22-13-3-4-14-22/h5-12,16H,3-4,13-14H2,1-2H3,(H,21,23)/t16-/m1/s1. The molecule has 0 aromatic heterocycles. The molecule has 1 atom stereocenters. The Hall–Kier alpha value is -2.38. The molecule has 0 saturated carbocycles. The Morgan fingerprint density at radius 2 is 1.63 bits per heavy atom. The van der Waals surface area contributed by atoms with Gasteiger partial charge in [0.1, 0.15) is 5.75 Å². The van der Waals surface area contributed by atoms with Crippen molar-refractivity contribution in [2.75, 3.05) is 18.4 Å². The van der Waals surface area contributed by atoms with Gasteiger partial charge >= 0.3 is 0 Å². The molecular weight excluding hydrogens is 364 g/mol. The summed E-state index contributed by atoms with van der Waals surface area (Å²) < 4.78 is 32.2. The van der Waals surface area contributed by atoms with Gasteiger partial charge in [-0.05, 0) is 63.1 Å². The average Bonchev–Trinajstić information content (AvgIpc) is 3.19. The molecule has 0 aliphatic carbocycles. The van der Waals surface area contributed by atoms with Crippen molar-refractivity contribution in [3.05, 3.63) is 54.1 Å². The van der Waals surface area contributed by atoms with Crippen molar-refractivity contribution >= 4 is 21.6 Å². The van der Waals surface area contributed by atoms with Gasteiger partial charge in [-0.1, -0.05) is 17.7 Å². The number of sulfonamides is 1. The highest BCUT2D eigenvalue weighted by Crippen LogP contribution is 2.22. The van der Waals surface area contributed by atoms with E-state index in [4.69, 9.17) is 4.74 Å². The summed E-state index contributed by atoms with van der Waals surface area (Å²) in [4.78, 5) is 12.6. The van der Waals surface area contributed by atoms with Crippen molar-refractivity contribution < 1.29 is 17.9 Å². The monoisotopic (exact) mass is 388 g/mol. The van der Waals surface area contributed by atoms with Crippen LogP contribution in [0.4, 0.5) is 5.69 Å². The number of rotatable bonds is 6. The zero-order valence-electron chi connectivity index (χ0n) is 15.5. The number of benzene rings is 2. The molecule has 6 nitrogen and oxygen atoms in total. The third kappa shape index (κ3) is 4.67. The molecule has 0 radical (unpaired) electrons. The van der Waals surface area contributed by atoms with Crippen LogP contribution in [-0.2, 0) is 14.8 Å². The number of amides is 1. The maximum Gasteiger partial charge on any atom is 0.265 e. The Morgan fingerprint density at radius 3 is 2.22 bits per heavy atom. The normalized spacial score (nSPS) is 16.1. The fourth-order valence-corrected chi connectivity index (χ4v) is 4.42. The van der Waals surface area contributed by atoms with Crippen molar-refractivity contribution in [1.29, 1.82) is 0 Å². The molecular formula is C20H24N2O4S. The van der Waals surface area contributed by atoms with E-state index in [0.717, 1.165) is 18.4 Å². The third-order valence-corrected chi connectivity index (χ3v) is 6.44. The smallest absolute Gasteiger partial charge is 0.265 e. The number of hydrogen-bond acceptors (Lipinski definition) is 4. The Morgan fingerprint density at radius 1 is 1.04 bits per heavy atom. The highest BCUT2D eigenvalue weighted by molar-refractivity contribution is 7.89. The zero-order valence-corrected chi connectivity index (χ0v) is 16.3. The highest BCUT2D eigenvalue weighted by atomic mass is 32.2. The minimum atomic E-state index is -3.45. The maximum absolute atomic E-state index is 12.5. The quantitative estimate of drug-likeness (QED) is 0.825. The maximum atomic E-state index is 12.5. The zero-order chi connectivity index (χ0) is 19.4. The van der Waals surface area contributed by atoms with Crippen molar-refractivity contribution in [2.24, 2.45) is 0 Å². The van der Waals surface area contributed by atoms with Crippen LogP contribution >= 0.6 is 0 Å². The fourth-order valence-electron chi connectivity index (χ4n) is 2.91. The van der Waals surface area contributed by atoms with Gasteiger partial charge in [-0.3, -0.25) is 4.79 Å². The summed E-state index contributed by atoms with van der Waals surface area (Å²) in [5.74, 6) is 0.320. The van der Waals surface area contributed by atoms with Crippen LogP contribution in [0.3, 0.4) is 0 Å². The van der Waals surface area contributed by atoms with Gasteiger partial charge in [0, 0.05) is 18.8 Å². The summed E-state index contributed by atoms with van der Waals surface area (Å²) in [6.07, 6.45) is 1.11. The number of carbonyl (C=O) groups excluding carboxylic acids is 1. The lowest BCUT2D eigenvalue weighted by Crippen LogP contribution is -2.30. The Balaban J connectivity index is 1.61. The first kappa shape index (κ1) is 19.4. The van der Waals surface area contributed by atoms with Gasteiger partial charge in [0.05, 0.1) is 4.90 Å². The van der Waals surface area contributed by atoms with Gasteiger partial charge in [-0.25, -0.2) is 8.42 Å². The molecule has 1 aliphatic heterocycles. The van der Waals surface area contributed by atoms with Crippen LogP contribution < -0.4 is 10.1 Å². The molecule has 1 saturated heterocycles. The summed E-state index contributed by atoms with van der Waals surface area (Å²) in [6.45, 7) is 4.78. The van der Waals surface area contributed by atoms with Crippen LogP contribution in [0.15, 0.2) is 53.4 Å². The minimum Gasteiger partial charge on any atom is -0.481 e. The molecule has 0 unspecified atom stereocenters. The van der Waals surface area contributed by atoms with Gasteiger partial charge in [-0.2, -0.15) is 4.31 Å². The molecule has 27 heavy (non-hydrogen) atoms. The molecule has 0 spiro atoms. The number of anilines is 1. The molecule has 144 valence electrons. The van der Waals surface area contributed by atoms with Gasteiger partial charge < -0.3 is 10.1 Å². The average molecular weight is 388 g/mol. The summed E-state index contributed by atoms with van der Waals surface area (Å²) in [7, 11) is -3.45. The van der Waals surface area contributed by atoms with E-state index in [1.165, 1.54) is 16.4 Å². The summed E-state index contributed by atoms with van der Waals surface area (Å²) >= 11 is 0. The molecule has 1 fully saturated rings. The van der Waals surface area contributed by atoms with Crippen LogP contribution in [0.1, 0.15) is 25.3 Å². The number of nitrogens with one attached hydrogen (secondary N) is 1. The summed E-state index contributed by atoms with van der Waals surface area (Å²) in [6, 6.07) is 13.7. The predicted molar refractivity (Wildman–Crippen MR) is 104 cm³/mol. The van der Waals surface area contributed by atoms with Crippen LogP contribution in [0, 0.1) is 6.92 Å². The molecule has 3 rings (SSSR count). The van der Waals surface area contributed by atoms with E-state index in [-0.39, 0.29) is 10.8 Å². The Labute approximate surface area is 160 Å². The largest absolute Gasteiger partial charge is 0.481 e. The number of aryl methyl sites for hydroxylation is 1. The lowest BCUT2D eigenvalue weighted by Gasteiger charge is -2.17. The lowest BCUT2D eigenvalue weighted by atomic mass is 10.2. The molecule has 1 aliphatic rings. The van der Waals surface area contributed by atoms with Gasteiger partial charge in [0.25, 0.3) is 5.91 Å². The number of hydrogen-bond donors (Lipinski definition) is 1. The molecule has 0 bridgehead atoms. The van der Waals surface area contributed by atoms with Crippen LogP contribution in [0.5, 0.6) is 5.75 Å². The lowest BCUT2D eigenvalue weighted by molar-refractivity contribution is -0.122. The Kier molecular flexibility index (Phi) is 5.82. The van der Waals surface area contributed by atoms with Gasteiger partial charge in [0.15, 0.2) is 6.10 Å². The first-order valence-electron chi connectivity index (χ1n) is 9.01. The van der Waals surface area contributed by atoms with E-state index in [0.29, 0.717) is 24.5 Å². The first-order chi connectivity index (χ1) is 12.9. The van der Waals surface area contributed by atoms with Crippen molar-refractivity contribution in [1.82, 2.24) is 4.31 Å². The van der Waals surface area contributed by atoms with Crippen molar-refractivity contribution in [3.63, 3.8) is 0 Å². The van der Waals surface area contributed by atoms with E-state index >= 15 is 0 Å². The van der Waals surface area contributed by atoms with E-state index in [1.54, 1.807) is 19.1 Å². The van der Waals surface area contributed by atoms with Crippen LogP contribution in [0.2, 0.25) is 0 Å². The second-order valence-electron chi connectivity index (χ2n) is 6.70. The first-order valence-corrected chi connectivity index (χ1v) is 10.4. The Bertz CT molecular complexity index is 887. The summed E-state index contributed by atoms with van der Waals surface area (Å²) in [5.41, 5.74) is 1.64. The van der Waals surface area contributed by atoms with E-state index in [2.05, 4.69) is 5.32 Å². The molecule has 7 heteroatoms. The molecule has 1 N–H and O–H groups in total. The number of nitrogens with zero attached hydrogens (tertiary/aromatic N) is 1. The topological polar surface area (TPSA) is 75.7 Å². The number of ether oxygens (including phenoxy) is 1. The van der Waals surface area contributed by atoms with Crippen LogP contribution in [-0.4, -0.2) is 37.8 Å². The van der Waals surface area contributed by atoms with Crippen LogP contribution in [0.25, 0.3) is 0 Å². The fraction of sp³-hybridized carbons (Fsp3) is 0.350. The SMILES string of the molecule is Cc1ccc(O[C@H](C)C(=O)Nc2ccc(S(=O)(=O)N3CCCC3)cc2)cc1.